The molecule has 5 heteroatoms. The van der Waals surface area contributed by atoms with Crippen molar-refractivity contribution in [1.29, 1.82) is 0 Å². The Bertz CT molecular complexity index is 168. The molecule has 0 aliphatic rings. The fraction of sp³-hybridized carbons (Fsp3) is 0.714. The molecule has 0 aromatic heterocycles. The van der Waals surface area contributed by atoms with Gasteiger partial charge in [0.25, 0.3) is 0 Å². The Hall–Kier alpha value is -1.10. The highest BCUT2D eigenvalue weighted by molar-refractivity contribution is 5.85. The number of carbonyl (C=O) groups excluding carboxylic acids is 2. The Morgan fingerprint density at radius 1 is 1.58 bits per heavy atom. The van der Waals surface area contributed by atoms with E-state index < -0.39 is 12.0 Å². The minimum atomic E-state index is -0.598. The maximum atomic E-state index is 10.8. The van der Waals surface area contributed by atoms with Crippen LogP contribution in [0.15, 0.2) is 0 Å². The topological polar surface area (TPSA) is 81.4 Å². The summed E-state index contributed by atoms with van der Waals surface area (Å²) in [5, 5.41) is 2.33. The second-order valence-corrected chi connectivity index (χ2v) is 2.31. The molecule has 0 aliphatic heterocycles. The fourth-order valence-corrected chi connectivity index (χ4v) is 0.532. The van der Waals surface area contributed by atoms with Crippen LogP contribution in [0.1, 0.15) is 13.8 Å². The van der Waals surface area contributed by atoms with Crippen molar-refractivity contribution in [2.75, 3.05) is 13.2 Å². The van der Waals surface area contributed by atoms with Gasteiger partial charge in [-0.15, -0.1) is 0 Å². The van der Waals surface area contributed by atoms with Crippen molar-refractivity contribution >= 4 is 11.9 Å². The predicted molar refractivity (Wildman–Crippen MR) is 43.3 cm³/mol. The highest BCUT2D eigenvalue weighted by Crippen LogP contribution is 1.78. The van der Waals surface area contributed by atoms with E-state index in [2.05, 4.69) is 10.1 Å². The van der Waals surface area contributed by atoms with Crippen LogP contribution in [0.3, 0.4) is 0 Å². The molecular weight excluding hydrogens is 160 g/mol. The number of rotatable bonds is 4. The van der Waals surface area contributed by atoms with Crippen LogP contribution in [0, 0.1) is 0 Å². The minimum absolute atomic E-state index is 0.117. The third kappa shape index (κ3) is 4.68. The van der Waals surface area contributed by atoms with Crippen LogP contribution in [0.2, 0.25) is 0 Å². The van der Waals surface area contributed by atoms with Gasteiger partial charge in [0, 0.05) is 0 Å². The maximum absolute atomic E-state index is 10.8. The van der Waals surface area contributed by atoms with E-state index in [0.29, 0.717) is 6.61 Å². The summed E-state index contributed by atoms with van der Waals surface area (Å²) in [7, 11) is 0. The van der Waals surface area contributed by atoms with Gasteiger partial charge in [0.1, 0.15) is 6.54 Å². The molecule has 0 rings (SSSR count). The average Bonchev–Trinajstić information content (AvgIpc) is 2.00. The quantitative estimate of drug-likeness (QED) is 0.536. The molecule has 0 aliphatic carbocycles. The molecule has 0 radical (unpaired) electrons. The van der Waals surface area contributed by atoms with E-state index >= 15 is 0 Å². The number of ether oxygens (including phenoxy) is 1. The van der Waals surface area contributed by atoms with Crippen LogP contribution in [0.5, 0.6) is 0 Å². The first-order chi connectivity index (χ1) is 5.57. The summed E-state index contributed by atoms with van der Waals surface area (Å²) in [6.07, 6.45) is 0. The number of esters is 1. The first-order valence-corrected chi connectivity index (χ1v) is 3.76. The summed E-state index contributed by atoms with van der Waals surface area (Å²) >= 11 is 0. The first kappa shape index (κ1) is 10.9. The van der Waals surface area contributed by atoms with Gasteiger partial charge in [-0.3, -0.25) is 9.59 Å². The molecule has 0 aromatic carbocycles. The Morgan fingerprint density at radius 2 is 2.17 bits per heavy atom. The normalized spacial score (nSPS) is 11.9. The average molecular weight is 174 g/mol. The fourth-order valence-electron chi connectivity index (χ4n) is 0.532. The minimum Gasteiger partial charge on any atom is -0.465 e. The highest BCUT2D eigenvalue weighted by atomic mass is 16.5. The lowest BCUT2D eigenvalue weighted by molar-refractivity contribution is -0.143. The molecule has 5 nitrogen and oxygen atoms in total. The first-order valence-electron chi connectivity index (χ1n) is 3.76. The summed E-state index contributed by atoms with van der Waals surface area (Å²) in [5.41, 5.74) is 5.23. The van der Waals surface area contributed by atoms with Gasteiger partial charge in [0.2, 0.25) is 5.91 Å². The molecule has 0 aromatic rings. The molecular formula is C7H14N2O3. The summed E-state index contributed by atoms with van der Waals surface area (Å²) in [4.78, 5) is 21.5. The monoisotopic (exact) mass is 174 g/mol. The van der Waals surface area contributed by atoms with E-state index in [4.69, 9.17) is 5.73 Å². The van der Waals surface area contributed by atoms with E-state index in [0.717, 1.165) is 0 Å². The Labute approximate surface area is 71.3 Å². The molecule has 0 saturated heterocycles. The van der Waals surface area contributed by atoms with E-state index in [9.17, 15) is 9.59 Å². The number of hydrogen-bond acceptors (Lipinski definition) is 4. The smallest absolute Gasteiger partial charge is 0.325 e. The SMILES string of the molecule is CCOC(=O)CNC(=O)C(C)N. The van der Waals surface area contributed by atoms with Gasteiger partial charge in [0.15, 0.2) is 0 Å². The van der Waals surface area contributed by atoms with Gasteiger partial charge in [-0.25, -0.2) is 0 Å². The molecule has 0 spiro atoms. The third-order valence-corrected chi connectivity index (χ3v) is 1.13. The number of hydrogen-bond donors (Lipinski definition) is 2. The van der Waals surface area contributed by atoms with E-state index in [1.54, 1.807) is 13.8 Å². The molecule has 0 bridgehead atoms. The van der Waals surface area contributed by atoms with Crippen molar-refractivity contribution < 1.29 is 14.3 Å². The van der Waals surface area contributed by atoms with Crippen molar-refractivity contribution in [3.05, 3.63) is 0 Å². The predicted octanol–water partition coefficient (Wildman–Crippen LogP) is -0.987. The largest absolute Gasteiger partial charge is 0.465 e. The van der Waals surface area contributed by atoms with Gasteiger partial charge in [0.05, 0.1) is 12.6 Å². The summed E-state index contributed by atoms with van der Waals surface area (Å²) in [5.74, 6) is -0.811. The zero-order chi connectivity index (χ0) is 9.56. The molecule has 3 N–H and O–H groups in total. The van der Waals surface area contributed by atoms with Crippen LogP contribution in [0.4, 0.5) is 0 Å². The molecule has 1 amide bonds. The van der Waals surface area contributed by atoms with Crippen molar-refractivity contribution in [3.63, 3.8) is 0 Å². The van der Waals surface area contributed by atoms with Gasteiger partial charge in [-0.05, 0) is 13.8 Å². The van der Waals surface area contributed by atoms with E-state index in [-0.39, 0.29) is 12.5 Å². The van der Waals surface area contributed by atoms with Crippen LogP contribution in [-0.2, 0) is 14.3 Å². The Kier molecular flexibility index (Phi) is 5.03. The van der Waals surface area contributed by atoms with Crippen molar-refractivity contribution in [2.45, 2.75) is 19.9 Å². The van der Waals surface area contributed by atoms with Crippen LogP contribution in [-0.4, -0.2) is 31.1 Å². The zero-order valence-corrected chi connectivity index (χ0v) is 7.29. The van der Waals surface area contributed by atoms with Crippen molar-refractivity contribution in [1.82, 2.24) is 5.32 Å². The molecule has 1 atom stereocenters. The maximum Gasteiger partial charge on any atom is 0.325 e. The molecule has 70 valence electrons. The zero-order valence-electron chi connectivity index (χ0n) is 7.29. The molecule has 12 heavy (non-hydrogen) atoms. The second-order valence-electron chi connectivity index (χ2n) is 2.31. The lowest BCUT2D eigenvalue weighted by Gasteiger charge is -2.06. The van der Waals surface area contributed by atoms with Gasteiger partial charge in [-0.1, -0.05) is 0 Å². The molecule has 0 fully saturated rings. The lowest BCUT2D eigenvalue weighted by Crippen LogP contribution is -2.41. The highest BCUT2D eigenvalue weighted by Gasteiger charge is 2.08. The third-order valence-electron chi connectivity index (χ3n) is 1.13. The van der Waals surface area contributed by atoms with Crippen molar-refractivity contribution in [2.24, 2.45) is 5.73 Å². The number of amides is 1. The Morgan fingerprint density at radius 3 is 2.58 bits per heavy atom. The number of nitrogens with one attached hydrogen (secondary N) is 1. The summed E-state index contributed by atoms with van der Waals surface area (Å²) in [6, 6.07) is -0.598. The van der Waals surface area contributed by atoms with Crippen LogP contribution < -0.4 is 11.1 Å². The molecule has 0 heterocycles. The summed E-state index contributed by atoms with van der Waals surface area (Å²) < 4.78 is 4.58. The van der Waals surface area contributed by atoms with Gasteiger partial charge < -0.3 is 15.8 Å². The van der Waals surface area contributed by atoms with E-state index in [1.807, 2.05) is 0 Å². The van der Waals surface area contributed by atoms with E-state index in [1.165, 1.54) is 0 Å². The van der Waals surface area contributed by atoms with Crippen LogP contribution in [0.25, 0.3) is 0 Å². The second kappa shape index (κ2) is 5.54. The molecule has 0 saturated carbocycles. The lowest BCUT2D eigenvalue weighted by atomic mass is 10.3. The molecule has 1 unspecified atom stereocenters. The summed E-state index contributed by atoms with van der Waals surface area (Å²) in [6.45, 7) is 3.44. The van der Waals surface area contributed by atoms with Crippen molar-refractivity contribution in [3.8, 4) is 0 Å². The number of nitrogens with two attached hydrogens (primary N) is 1. The van der Waals surface area contributed by atoms with Crippen LogP contribution >= 0.6 is 0 Å². The van der Waals surface area contributed by atoms with Gasteiger partial charge >= 0.3 is 5.97 Å². The standard InChI is InChI=1S/C7H14N2O3/c1-3-12-6(10)4-9-7(11)5(2)8/h5H,3-4,8H2,1-2H3,(H,9,11). The number of carbonyl (C=O) groups is 2. The Balaban J connectivity index is 3.54. The van der Waals surface area contributed by atoms with Gasteiger partial charge in [-0.2, -0.15) is 0 Å².